The van der Waals surface area contributed by atoms with Crippen LogP contribution in [-0.4, -0.2) is 25.1 Å². The third kappa shape index (κ3) is 2.93. The summed E-state index contributed by atoms with van der Waals surface area (Å²) in [5.74, 6) is 0.239. The Bertz CT molecular complexity index is 607. The lowest BCUT2D eigenvalue weighted by Crippen LogP contribution is -2.07. The minimum atomic E-state index is -3.43. The van der Waals surface area contributed by atoms with Crippen molar-refractivity contribution in [3.8, 4) is 0 Å². The molecule has 2 N–H and O–H groups in total. The van der Waals surface area contributed by atoms with E-state index in [-0.39, 0.29) is 16.5 Å². The van der Waals surface area contributed by atoms with Crippen LogP contribution in [0.4, 0.5) is 0 Å². The van der Waals surface area contributed by atoms with Crippen molar-refractivity contribution in [1.82, 2.24) is 10.1 Å². The molecule has 0 saturated heterocycles. The van der Waals surface area contributed by atoms with E-state index in [1.165, 1.54) is 12.1 Å². The van der Waals surface area contributed by atoms with Gasteiger partial charge in [0.15, 0.2) is 15.7 Å². The molecule has 0 amide bonds. The lowest BCUT2D eigenvalue weighted by Gasteiger charge is -2.00. The van der Waals surface area contributed by atoms with Gasteiger partial charge >= 0.3 is 0 Å². The van der Waals surface area contributed by atoms with Crippen LogP contribution < -0.4 is 5.73 Å². The first-order valence-electron chi connectivity index (χ1n) is 5.41. The van der Waals surface area contributed by atoms with E-state index >= 15 is 0 Å². The zero-order chi connectivity index (χ0) is 13.0. The van der Waals surface area contributed by atoms with Gasteiger partial charge in [0.1, 0.15) is 5.75 Å². The first kappa shape index (κ1) is 12.7. The van der Waals surface area contributed by atoms with Crippen LogP contribution in [0.25, 0.3) is 0 Å². The molecule has 0 aliphatic rings. The van der Waals surface area contributed by atoms with Gasteiger partial charge in [0.2, 0.25) is 5.89 Å². The van der Waals surface area contributed by atoms with Crippen LogP contribution in [-0.2, 0) is 22.0 Å². The molecule has 0 radical (unpaired) electrons. The smallest absolute Gasteiger partial charge is 0.227 e. The second kappa shape index (κ2) is 5.28. The van der Waals surface area contributed by atoms with E-state index in [1.807, 2.05) is 0 Å². The number of hydrogen-bond acceptors (Lipinski definition) is 6. The molecule has 18 heavy (non-hydrogen) atoms. The summed E-state index contributed by atoms with van der Waals surface area (Å²) in [5.41, 5.74) is 5.34. The van der Waals surface area contributed by atoms with Gasteiger partial charge in [0.25, 0.3) is 0 Å². The highest BCUT2D eigenvalue weighted by Crippen LogP contribution is 2.14. The van der Waals surface area contributed by atoms with Gasteiger partial charge in [-0.2, -0.15) is 4.98 Å². The quantitative estimate of drug-likeness (QED) is 0.849. The molecule has 6 nitrogen and oxygen atoms in total. The molecule has 1 aromatic carbocycles. The molecule has 0 spiro atoms. The predicted octanol–water partition coefficient (Wildman–Crippen LogP) is 0.545. The van der Waals surface area contributed by atoms with Crippen molar-refractivity contribution in [1.29, 1.82) is 0 Å². The van der Waals surface area contributed by atoms with Crippen LogP contribution in [0.3, 0.4) is 0 Å². The van der Waals surface area contributed by atoms with Gasteiger partial charge in [-0.25, -0.2) is 8.42 Å². The fourth-order valence-corrected chi connectivity index (χ4v) is 2.65. The van der Waals surface area contributed by atoms with Crippen molar-refractivity contribution in [2.24, 2.45) is 5.73 Å². The lowest BCUT2D eigenvalue weighted by molar-refractivity contribution is 0.375. The number of nitrogens with two attached hydrogens (primary N) is 1. The topological polar surface area (TPSA) is 99.1 Å². The highest BCUT2D eigenvalue weighted by molar-refractivity contribution is 7.90. The number of rotatable bonds is 5. The molecule has 1 aromatic heterocycles. The summed E-state index contributed by atoms with van der Waals surface area (Å²) in [4.78, 5) is 4.22. The van der Waals surface area contributed by atoms with E-state index < -0.39 is 9.84 Å². The second-order valence-electron chi connectivity index (χ2n) is 3.72. The summed E-state index contributed by atoms with van der Waals surface area (Å²) in [6.07, 6.45) is 0.443. The number of sulfone groups is 1. The fraction of sp³-hybridized carbons (Fsp3) is 0.273. The van der Waals surface area contributed by atoms with Crippen molar-refractivity contribution in [2.45, 2.75) is 17.1 Å². The monoisotopic (exact) mass is 267 g/mol. The van der Waals surface area contributed by atoms with Gasteiger partial charge in [0, 0.05) is 13.0 Å². The van der Waals surface area contributed by atoms with Gasteiger partial charge in [-0.1, -0.05) is 23.4 Å². The van der Waals surface area contributed by atoms with Gasteiger partial charge < -0.3 is 10.3 Å². The Morgan fingerprint density at radius 1 is 1.22 bits per heavy atom. The number of hydrogen-bond donors (Lipinski definition) is 1. The predicted molar refractivity (Wildman–Crippen MR) is 64.4 cm³/mol. The summed E-state index contributed by atoms with van der Waals surface area (Å²) in [7, 11) is -3.43. The molecule has 0 fully saturated rings. The van der Waals surface area contributed by atoms with Crippen LogP contribution in [0.15, 0.2) is 39.8 Å². The number of aromatic nitrogens is 2. The molecule has 2 aromatic rings. The lowest BCUT2D eigenvalue weighted by atomic mass is 10.4. The molecule has 0 aliphatic carbocycles. The Labute approximate surface area is 105 Å². The van der Waals surface area contributed by atoms with E-state index in [2.05, 4.69) is 10.1 Å². The third-order valence-corrected chi connectivity index (χ3v) is 3.92. The molecule has 7 heteroatoms. The Morgan fingerprint density at radius 2 is 1.94 bits per heavy atom. The van der Waals surface area contributed by atoms with Crippen LogP contribution in [0, 0.1) is 0 Å². The minimum absolute atomic E-state index is 0.155. The van der Waals surface area contributed by atoms with Gasteiger partial charge in [-0.05, 0) is 12.1 Å². The average Bonchev–Trinajstić information content (AvgIpc) is 2.77. The van der Waals surface area contributed by atoms with Crippen LogP contribution in [0.1, 0.15) is 11.7 Å². The summed E-state index contributed by atoms with van der Waals surface area (Å²) >= 11 is 0. The molecular formula is C11H13N3O3S. The van der Waals surface area contributed by atoms with Crippen molar-refractivity contribution in [3.63, 3.8) is 0 Å². The molecule has 0 aliphatic heterocycles. The maximum Gasteiger partial charge on any atom is 0.227 e. The van der Waals surface area contributed by atoms with E-state index in [0.29, 0.717) is 18.9 Å². The third-order valence-electron chi connectivity index (χ3n) is 2.29. The molecule has 0 unspecified atom stereocenters. The van der Waals surface area contributed by atoms with Crippen LogP contribution in [0.5, 0.6) is 0 Å². The average molecular weight is 267 g/mol. The largest absolute Gasteiger partial charge is 0.339 e. The molecule has 2 rings (SSSR count). The van der Waals surface area contributed by atoms with E-state index in [1.54, 1.807) is 18.2 Å². The maximum absolute atomic E-state index is 12.0. The van der Waals surface area contributed by atoms with Gasteiger partial charge in [0.05, 0.1) is 4.90 Å². The number of nitrogens with zero attached hydrogens (tertiary/aromatic N) is 2. The van der Waals surface area contributed by atoms with Gasteiger partial charge in [-0.15, -0.1) is 0 Å². The highest BCUT2D eigenvalue weighted by atomic mass is 32.2. The summed E-state index contributed by atoms with van der Waals surface area (Å²) in [6, 6.07) is 8.17. The molecule has 0 atom stereocenters. The summed E-state index contributed by atoms with van der Waals surface area (Å²) in [5, 5.41) is 3.62. The SMILES string of the molecule is NCCc1nc(CS(=O)(=O)c2ccccc2)no1. The number of benzene rings is 1. The van der Waals surface area contributed by atoms with Crippen molar-refractivity contribution < 1.29 is 12.9 Å². The standard InChI is InChI=1S/C11H13N3O3S/c12-7-6-11-13-10(14-17-11)8-18(15,16)9-4-2-1-3-5-9/h1-5H,6-8,12H2. The van der Waals surface area contributed by atoms with Crippen LogP contribution in [0.2, 0.25) is 0 Å². The molecular weight excluding hydrogens is 254 g/mol. The van der Waals surface area contributed by atoms with E-state index in [4.69, 9.17) is 10.3 Å². The van der Waals surface area contributed by atoms with E-state index in [0.717, 1.165) is 0 Å². The Morgan fingerprint density at radius 3 is 2.61 bits per heavy atom. The van der Waals surface area contributed by atoms with Crippen LogP contribution >= 0.6 is 0 Å². The van der Waals surface area contributed by atoms with Crippen molar-refractivity contribution >= 4 is 9.84 Å². The molecule has 96 valence electrons. The summed E-state index contributed by atoms with van der Waals surface area (Å²) < 4.78 is 28.9. The first-order chi connectivity index (χ1) is 8.62. The van der Waals surface area contributed by atoms with Gasteiger partial charge in [-0.3, -0.25) is 0 Å². The summed E-state index contributed by atoms with van der Waals surface area (Å²) in [6.45, 7) is 0.382. The molecule has 0 bridgehead atoms. The van der Waals surface area contributed by atoms with Crippen molar-refractivity contribution in [2.75, 3.05) is 6.54 Å². The Balaban J connectivity index is 2.17. The minimum Gasteiger partial charge on any atom is -0.339 e. The van der Waals surface area contributed by atoms with Crippen molar-refractivity contribution in [3.05, 3.63) is 42.0 Å². The molecule has 0 saturated carbocycles. The highest BCUT2D eigenvalue weighted by Gasteiger charge is 2.18. The Kier molecular flexibility index (Phi) is 3.73. The van der Waals surface area contributed by atoms with E-state index in [9.17, 15) is 8.42 Å². The molecule has 1 heterocycles. The fourth-order valence-electron chi connectivity index (χ4n) is 1.45. The zero-order valence-electron chi connectivity index (χ0n) is 9.61. The first-order valence-corrected chi connectivity index (χ1v) is 7.06. The second-order valence-corrected chi connectivity index (χ2v) is 5.70. The normalized spacial score (nSPS) is 11.6. The maximum atomic E-state index is 12.0. The Hall–Kier alpha value is -1.73. The zero-order valence-corrected chi connectivity index (χ0v) is 10.4.